The maximum Gasteiger partial charge on any atom is 0.224 e. The molecule has 1 aliphatic heterocycles. The van der Waals surface area contributed by atoms with Crippen molar-refractivity contribution in [3.05, 3.63) is 29.8 Å². The van der Waals surface area contributed by atoms with Crippen molar-refractivity contribution in [2.75, 3.05) is 25.0 Å². The summed E-state index contributed by atoms with van der Waals surface area (Å²) in [6.45, 7) is 4.33. The van der Waals surface area contributed by atoms with Gasteiger partial charge in [-0.1, -0.05) is 12.1 Å². The Labute approximate surface area is 115 Å². The van der Waals surface area contributed by atoms with Gasteiger partial charge in [0.25, 0.3) is 0 Å². The molecule has 1 aromatic carbocycles. The van der Waals surface area contributed by atoms with Crippen LogP contribution < -0.4 is 11.1 Å². The molecule has 0 radical (unpaired) electrons. The number of amides is 1. The second-order valence-corrected chi connectivity index (χ2v) is 5.24. The molecular weight excluding hydrogens is 238 g/mol. The molecule has 2 rings (SSSR count). The van der Waals surface area contributed by atoms with Crippen molar-refractivity contribution in [3.63, 3.8) is 0 Å². The zero-order chi connectivity index (χ0) is 13.7. The Balaban J connectivity index is 1.90. The van der Waals surface area contributed by atoms with Crippen LogP contribution in [0.15, 0.2) is 24.3 Å². The van der Waals surface area contributed by atoms with Crippen molar-refractivity contribution < 1.29 is 4.79 Å². The van der Waals surface area contributed by atoms with E-state index in [1.165, 1.54) is 5.56 Å². The van der Waals surface area contributed by atoms with E-state index in [1.807, 2.05) is 17.0 Å². The number of anilines is 1. The highest BCUT2D eigenvalue weighted by molar-refractivity contribution is 5.77. The molecule has 0 bridgehead atoms. The zero-order valence-corrected chi connectivity index (χ0v) is 11.6. The van der Waals surface area contributed by atoms with E-state index in [1.54, 1.807) is 0 Å². The fourth-order valence-corrected chi connectivity index (χ4v) is 2.47. The summed E-state index contributed by atoms with van der Waals surface area (Å²) in [6, 6.07) is 8.15. The van der Waals surface area contributed by atoms with E-state index >= 15 is 0 Å². The van der Waals surface area contributed by atoms with Gasteiger partial charge in [-0.25, -0.2) is 0 Å². The van der Waals surface area contributed by atoms with Crippen LogP contribution in [0.5, 0.6) is 0 Å². The van der Waals surface area contributed by atoms with Crippen LogP contribution in [0.25, 0.3) is 0 Å². The van der Waals surface area contributed by atoms with Gasteiger partial charge in [0.15, 0.2) is 0 Å². The van der Waals surface area contributed by atoms with Gasteiger partial charge in [-0.2, -0.15) is 0 Å². The fraction of sp³-hybridized carbons (Fsp3) is 0.533. The Morgan fingerprint density at radius 2 is 2.16 bits per heavy atom. The molecule has 3 N–H and O–H groups in total. The lowest BCUT2D eigenvalue weighted by atomic mass is 10.1. The molecular formula is C15H23N3O. The first-order valence-electron chi connectivity index (χ1n) is 7.00. The number of carbonyl (C=O) groups excluding carboxylic acids is 1. The lowest BCUT2D eigenvalue weighted by molar-refractivity contribution is -0.130. The van der Waals surface area contributed by atoms with Crippen molar-refractivity contribution >= 4 is 11.6 Å². The predicted molar refractivity (Wildman–Crippen MR) is 78.1 cm³/mol. The molecule has 4 heteroatoms. The molecule has 1 aromatic rings. The van der Waals surface area contributed by atoms with Crippen LogP contribution in [0.2, 0.25) is 0 Å². The number of aryl methyl sites for hydroxylation is 1. The molecule has 19 heavy (non-hydrogen) atoms. The summed E-state index contributed by atoms with van der Waals surface area (Å²) in [5.74, 6) is 0.216. The Hall–Kier alpha value is -1.55. The molecule has 1 fully saturated rings. The van der Waals surface area contributed by atoms with Crippen LogP contribution in [0, 0.1) is 6.92 Å². The zero-order valence-electron chi connectivity index (χ0n) is 11.6. The molecule has 4 nitrogen and oxygen atoms in total. The molecule has 1 saturated heterocycles. The SMILES string of the molecule is Cc1cccc(NC(CN)CC(=O)N2CCCC2)c1. The first-order chi connectivity index (χ1) is 9.19. The largest absolute Gasteiger partial charge is 0.381 e. The van der Waals surface area contributed by atoms with Crippen molar-refractivity contribution in [3.8, 4) is 0 Å². The number of rotatable bonds is 5. The Morgan fingerprint density at radius 1 is 1.42 bits per heavy atom. The number of hydrogen-bond acceptors (Lipinski definition) is 3. The van der Waals surface area contributed by atoms with E-state index in [9.17, 15) is 4.79 Å². The molecule has 104 valence electrons. The van der Waals surface area contributed by atoms with Gasteiger partial charge in [0, 0.05) is 37.8 Å². The van der Waals surface area contributed by atoms with E-state index < -0.39 is 0 Å². The van der Waals surface area contributed by atoms with Gasteiger partial charge in [-0.05, 0) is 37.5 Å². The standard InChI is InChI=1S/C15H23N3O/c1-12-5-4-6-13(9-12)17-14(11-16)10-15(19)18-7-2-3-8-18/h4-6,9,14,17H,2-3,7-8,10-11,16H2,1H3. The number of nitrogens with zero attached hydrogens (tertiary/aromatic N) is 1. The second-order valence-electron chi connectivity index (χ2n) is 5.24. The minimum atomic E-state index is 0.00917. The summed E-state index contributed by atoms with van der Waals surface area (Å²) >= 11 is 0. The summed E-state index contributed by atoms with van der Waals surface area (Å²) in [7, 11) is 0. The molecule has 1 unspecified atom stereocenters. The lowest BCUT2D eigenvalue weighted by Crippen LogP contribution is -2.37. The summed E-state index contributed by atoms with van der Waals surface area (Å²) in [4.78, 5) is 14.0. The average Bonchev–Trinajstić information content (AvgIpc) is 2.92. The number of nitrogens with two attached hydrogens (primary N) is 1. The third-order valence-electron chi connectivity index (χ3n) is 3.55. The Bertz CT molecular complexity index is 427. The Morgan fingerprint density at radius 3 is 2.79 bits per heavy atom. The van der Waals surface area contributed by atoms with Crippen molar-refractivity contribution in [2.24, 2.45) is 5.73 Å². The monoisotopic (exact) mass is 261 g/mol. The van der Waals surface area contributed by atoms with Gasteiger partial charge in [0.1, 0.15) is 0 Å². The first-order valence-corrected chi connectivity index (χ1v) is 7.00. The molecule has 1 atom stereocenters. The van der Waals surface area contributed by atoms with Crippen molar-refractivity contribution in [2.45, 2.75) is 32.2 Å². The summed E-state index contributed by atoms with van der Waals surface area (Å²) in [5, 5.41) is 3.35. The molecule has 0 spiro atoms. The Kier molecular flexibility index (Phi) is 4.80. The topological polar surface area (TPSA) is 58.4 Å². The highest BCUT2D eigenvalue weighted by Crippen LogP contribution is 2.14. The highest BCUT2D eigenvalue weighted by Gasteiger charge is 2.21. The second kappa shape index (κ2) is 6.57. The van der Waals surface area contributed by atoms with Crippen LogP contribution in [0.1, 0.15) is 24.8 Å². The van der Waals surface area contributed by atoms with Crippen molar-refractivity contribution in [1.29, 1.82) is 0 Å². The minimum absolute atomic E-state index is 0.00917. The number of nitrogens with one attached hydrogen (secondary N) is 1. The lowest BCUT2D eigenvalue weighted by Gasteiger charge is -2.22. The molecule has 0 aromatic heterocycles. The third kappa shape index (κ3) is 3.96. The van der Waals surface area contributed by atoms with E-state index in [4.69, 9.17) is 5.73 Å². The van der Waals surface area contributed by atoms with Gasteiger partial charge in [0.2, 0.25) is 5.91 Å². The quantitative estimate of drug-likeness (QED) is 0.849. The summed E-state index contributed by atoms with van der Waals surface area (Å²) in [6.07, 6.45) is 2.74. The number of carbonyl (C=O) groups is 1. The average molecular weight is 261 g/mol. The summed E-state index contributed by atoms with van der Waals surface area (Å²) in [5.41, 5.74) is 8.01. The van der Waals surface area contributed by atoms with Crippen LogP contribution in [-0.4, -0.2) is 36.5 Å². The van der Waals surface area contributed by atoms with Gasteiger partial charge >= 0.3 is 0 Å². The maximum atomic E-state index is 12.1. The molecule has 1 heterocycles. The van der Waals surface area contributed by atoms with Gasteiger partial charge < -0.3 is 16.0 Å². The number of likely N-dealkylation sites (tertiary alicyclic amines) is 1. The van der Waals surface area contributed by atoms with Crippen LogP contribution in [0.4, 0.5) is 5.69 Å². The fourth-order valence-electron chi connectivity index (χ4n) is 2.47. The first kappa shape index (κ1) is 13.9. The van der Waals surface area contributed by atoms with Gasteiger partial charge in [0.05, 0.1) is 0 Å². The van der Waals surface area contributed by atoms with Crippen LogP contribution in [-0.2, 0) is 4.79 Å². The van der Waals surface area contributed by atoms with Crippen molar-refractivity contribution in [1.82, 2.24) is 4.90 Å². The molecule has 0 aliphatic carbocycles. The van der Waals surface area contributed by atoms with E-state index in [2.05, 4.69) is 24.4 Å². The number of benzene rings is 1. The molecule has 1 amide bonds. The third-order valence-corrected chi connectivity index (χ3v) is 3.55. The maximum absolute atomic E-state index is 12.1. The van der Waals surface area contributed by atoms with Crippen LogP contribution >= 0.6 is 0 Å². The van der Waals surface area contributed by atoms with Crippen LogP contribution in [0.3, 0.4) is 0 Å². The van der Waals surface area contributed by atoms with Gasteiger partial charge in [-0.15, -0.1) is 0 Å². The number of hydrogen-bond donors (Lipinski definition) is 2. The smallest absolute Gasteiger partial charge is 0.224 e. The molecule has 0 saturated carbocycles. The van der Waals surface area contributed by atoms with E-state index in [0.29, 0.717) is 13.0 Å². The minimum Gasteiger partial charge on any atom is -0.381 e. The van der Waals surface area contributed by atoms with Gasteiger partial charge in [-0.3, -0.25) is 4.79 Å². The highest BCUT2D eigenvalue weighted by atomic mass is 16.2. The van der Waals surface area contributed by atoms with E-state index in [-0.39, 0.29) is 11.9 Å². The molecule has 1 aliphatic rings. The van der Waals surface area contributed by atoms with E-state index in [0.717, 1.165) is 31.6 Å². The summed E-state index contributed by atoms with van der Waals surface area (Å²) < 4.78 is 0. The predicted octanol–water partition coefficient (Wildman–Crippen LogP) is 1.75. The normalized spacial score (nSPS) is 16.4.